The van der Waals surface area contributed by atoms with Gasteiger partial charge in [-0.05, 0) is 12.8 Å². The molecule has 2 rings (SSSR count). The number of anilines is 1. The van der Waals surface area contributed by atoms with Gasteiger partial charge >= 0.3 is 0 Å². The summed E-state index contributed by atoms with van der Waals surface area (Å²) in [5.41, 5.74) is 0. The molecule has 0 amide bonds. The lowest BCUT2D eigenvalue weighted by Crippen LogP contribution is -2.29. The van der Waals surface area contributed by atoms with Crippen LogP contribution < -0.4 is 10.1 Å². The molecule has 2 unspecified atom stereocenters. The van der Waals surface area contributed by atoms with Crippen molar-refractivity contribution in [2.24, 2.45) is 0 Å². The van der Waals surface area contributed by atoms with Crippen molar-refractivity contribution in [1.82, 2.24) is 9.97 Å². The molecule has 0 bridgehead atoms. The van der Waals surface area contributed by atoms with Gasteiger partial charge in [-0.3, -0.25) is 0 Å². The first-order valence-electron chi connectivity index (χ1n) is 6.07. The number of alkyl halides is 1. The Balaban J connectivity index is 2.02. The minimum atomic E-state index is 0.160. The van der Waals surface area contributed by atoms with E-state index in [0.717, 1.165) is 12.8 Å². The van der Waals surface area contributed by atoms with Crippen LogP contribution in [0, 0.1) is 0 Å². The van der Waals surface area contributed by atoms with Crippen LogP contribution in [0.3, 0.4) is 0 Å². The Bertz CT molecular complexity index is 361. The highest BCUT2D eigenvalue weighted by Gasteiger charge is 2.22. The number of halogens is 1. The molecule has 1 fully saturated rings. The first kappa shape index (κ1) is 12.4. The summed E-state index contributed by atoms with van der Waals surface area (Å²) in [7, 11) is 1.60. The molecule has 1 aliphatic carbocycles. The van der Waals surface area contributed by atoms with Gasteiger partial charge in [-0.25, -0.2) is 4.98 Å². The molecule has 0 aliphatic heterocycles. The van der Waals surface area contributed by atoms with Crippen LogP contribution in [0.2, 0.25) is 0 Å². The third-order valence-electron chi connectivity index (χ3n) is 3.09. The molecule has 1 saturated carbocycles. The van der Waals surface area contributed by atoms with E-state index in [4.69, 9.17) is 16.3 Å². The van der Waals surface area contributed by atoms with Crippen LogP contribution in [0.25, 0.3) is 0 Å². The van der Waals surface area contributed by atoms with Gasteiger partial charge in [0.1, 0.15) is 0 Å². The number of methoxy groups -OCH3 is 1. The van der Waals surface area contributed by atoms with Gasteiger partial charge < -0.3 is 10.1 Å². The van der Waals surface area contributed by atoms with E-state index in [1.54, 1.807) is 19.4 Å². The maximum Gasteiger partial charge on any atom is 0.226 e. The molecule has 4 nitrogen and oxygen atoms in total. The van der Waals surface area contributed by atoms with E-state index in [1.165, 1.54) is 19.3 Å². The summed E-state index contributed by atoms with van der Waals surface area (Å²) in [6, 6.07) is 1.99. The fourth-order valence-electron chi connectivity index (χ4n) is 2.12. The molecule has 0 aromatic carbocycles. The van der Waals surface area contributed by atoms with Crippen LogP contribution in [-0.2, 0) is 0 Å². The number of rotatable bonds is 3. The van der Waals surface area contributed by atoms with Gasteiger partial charge in [0.2, 0.25) is 11.8 Å². The Kier molecular flexibility index (Phi) is 4.42. The molecule has 1 aromatic heterocycles. The standard InChI is InChI=1S/C12H18ClN3O/c1-17-11-7-8-14-12(16-11)15-10-6-4-2-3-5-9(10)13/h7-10H,2-6H2,1H3,(H,14,15,16). The zero-order valence-electron chi connectivity index (χ0n) is 10.0. The van der Waals surface area contributed by atoms with Crippen LogP contribution in [0.4, 0.5) is 5.95 Å². The third kappa shape index (κ3) is 3.46. The number of ether oxygens (including phenoxy) is 1. The van der Waals surface area contributed by atoms with Crippen LogP contribution in [0.15, 0.2) is 12.3 Å². The molecule has 0 radical (unpaired) electrons. The van der Waals surface area contributed by atoms with Gasteiger partial charge in [-0.2, -0.15) is 4.98 Å². The molecule has 1 aromatic rings. The minimum Gasteiger partial charge on any atom is -0.481 e. The predicted octanol–water partition coefficient (Wildman–Crippen LogP) is 2.84. The van der Waals surface area contributed by atoms with Crippen LogP contribution >= 0.6 is 11.6 Å². The van der Waals surface area contributed by atoms with Crippen molar-refractivity contribution < 1.29 is 4.74 Å². The summed E-state index contributed by atoms with van der Waals surface area (Å²) in [6.45, 7) is 0. The van der Waals surface area contributed by atoms with E-state index in [1.807, 2.05) is 0 Å². The second-order valence-electron chi connectivity index (χ2n) is 4.33. The van der Waals surface area contributed by atoms with Crippen LogP contribution in [-0.4, -0.2) is 28.5 Å². The SMILES string of the molecule is COc1ccnc(NC2CCCCCC2Cl)n1. The predicted molar refractivity (Wildman–Crippen MR) is 68.7 cm³/mol. The van der Waals surface area contributed by atoms with Gasteiger partial charge in [-0.1, -0.05) is 19.3 Å². The molecule has 5 heteroatoms. The van der Waals surface area contributed by atoms with Crippen LogP contribution in [0.5, 0.6) is 5.88 Å². The number of aromatic nitrogens is 2. The van der Waals surface area contributed by atoms with Gasteiger partial charge in [0.05, 0.1) is 12.5 Å². The number of hydrogen-bond donors (Lipinski definition) is 1. The highest BCUT2D eigenvalue weighted by molar-refractivity contribution is 6.21. The fourth-order valence-corrected chi connectivity index (χ4v) is 2.46. The summed E-state index contributed by atoms with van der Waals surface area (Å²) in [5, 5.41) is 3.47. The Morgan fingerprint density at radius 3 is 3.00 bits per heavy atom. The molecule has 1 heterocycles. The average molecular weight is 256 g/mol. The van der Waals surface area contributed by atoms with E-state index in [0.29, 0.717) is 11.8 Å². The number of nitrogens with zero attached hydrogens (tertiary/aromatic N) is 2. The first-order chi connectivity index (χ1) is 8.29. The molecular formula is C12H18ClN3O. The maximum atomic E-state index is 6.36. The van der Waals surface area contributed by atoms with Crippen molar-refractivity contribution in [1.29, 1.82) is 0 Å². The number of hydrogen-bond acceptors (Lipinski definition) is 4. The lowest BCUT2D eigenvalue weighted by atomic mass is 10.1. The second kappa shape index (κ2) is 6.05. The Morgan fingerprint density at radius 2 is 2.18 bits per heavy atom. The third-order valence-corrected chi connectivity index (χ3v) is 3.61. The summed E-state index contributed by atoms with van der Waals surface area (Å²) in [5.74, 6) is 1.17. The molecule has 0 spiro atoms. The van der Waals surface area contributed by atoms with Crippen molar-refractivity contribution in [3.63, 3.8) is 0 Å². The molecule has 2 atom stereocenters. The molecule has 1 aliphatic rings. The summed E-state index contributed by atoms with van der Waals surface area (Å²) in [4.78, 5) is 8.43. The summed E-state index contributed by atoms with van der Waals surface area (Å²) in [6.07, 6.45) is 7.52. The van der Waals surface area contributed by atoms with Gasteiger partial charge in [0.25, 0.3) is 0 Å². The number of nitrogens with one attached hydrogen (secondary N) is 1. The lowest BCUT2D eigenvalue weighted by molar-refractivity contribution is 0.397. The van der Waals surface area contributed by atoms with Crippen molar-refractivity contribution in [2.75, 3.05) is 12.4 Å². The molecule has 1 N–H and O–H groups in total. The minimum absolute atomic E-state index is 0.160. The smallest absolute Gasteiger partial charge is 0.226 e. The first-order valence-corrected chi connectivity index (χ1v) is 6.51. The zero-order valence-corrected chi connectivity index (χ0v) is 10.8. The maximum absolute atomic E-state index is 6.36. The lowest BCUT2D eigenvalue weighted by Gasteiger charge is -2.21. The summed E-state index contributed by atoms with van der Waals surface area (Å²) >= 11 is 6.36. The topological polar surface area (TPSA) is 47.0 Å². The Labute approximate surface area is 107 Å². The normalized spacial score (nSPS) is 25.1. The van der Waals surface area contributed by atoms with E-state index in [9.17, 15) is 0 Å². The van der Waals surface area contributed by atoms with Crippen molar-refractivity contribution >= 4 is 17.5 Å². The average Bonchev–Trinajstić information content (AvgIpc) is 2.55. The molecule has 0 saturated heterocycles. The molecule has 94 valence electrons. The highest BCUT2D eigenvalue weighted by Crippen LogP contribution is 2.24. The van der Waals surface area contributed by atoms with Crippen molar-refractivity contribution in [3.05, 3.63) is 12.3 Å². The Hall–Kier alpha value is -1.03. The molecular weight excluding hydrogens is 238 g/mol. The zero-order chi connectivity index (χ0) is 12.1. The van der Waals surface area contributed by atoms with Crippen molar-refractivity contribution in [3.8, 4) is 5.88 Å². The monoisotopic (exact) mass is 255 g/mol. The highest BCUT2D eigenvalue weighted by atomic mass is 35.5. The summed E-state index contributed by atoms with van der Waals surface area (Å²) < 4.78 is 5.07. The van der Waals surface area contributed by atoms with E-state index >= 15 is 0 Å². The van der Waals surface area contributed by atoms with Crippen LogP contribution in [0.1, 0.15) is 32.1 Å². The Morgan fingerprint density at radius 1 is 1.35 bits per heavy atom. The molecule has 17 heavy (non-hydrogen) atoms. The van der Waals surface area contributed by atoms with Gasteiger partial charge in [-0.15, -0.1) is 11.6 Å². The second-order valence-corrected chi connectivity index (χ2v) is 4.89. The van der Waals surface area contributed by atoms with E-state index in [-0.39, 0.29) is 11.4 Å². The van der Waals surface area contributed by atoms with Crippen molar-refractivity contribution in [2.45, 2.75) is 43.5 Å². The van der Waals surface area contributed by atoms with E-state index in [2.05, 4.69) is 15.3 Å². The van der Waals surface area contributed by atoms with Gasteiger partial charge in [0, 0.05) is 18.3 Å². The van der Waals surface area contributed by atoms with E-state index < -0.39 is 0 Å². The largest absolute Gasteiger partial charge is 0.481 e. The fraction of sp³-hybridized carbons (Fsp3) is 0.667. The quantitative estimate of drug-likeness (QED) is 0.667. The van der Waals surface area contributed by atoms with Gasteiger partial charge in [0.15, 0.2) is 0 Å².